The van der Waals surface area contributed by atoms with Crippen molar-refractivity contribution in [3.05, 3.63) is 95.1 Å². The second-order valence-corrected chi connectivity index (χ2v) is 11.7. The molecule has 0 saturated heterocycles. The van der Waals surface area contributed by atoms with Gasteiger partial charge in [-0.15, -0.1) is 0 Å². The van der Waals surface area contributed by atoms with Crippen LogP contribution in [0.25, 0.3) is 0 Å². The summed E-state index contributed by atoms with van der Waals surface area (Å²) < 4.78 is 15.5. The van der Waals surface area contributed by atoms with Crippen LogP contribution in [0.15, 0.2) is 66.9 Å². The maximum atomic E-state index is 13.8. The van der Waals surface area contributed by atoms with Crippen LogP contribution >= 0.6 is 0 Å². The van der Waals surface area contributed by atoms with E-state index in [2.05, 4.69) is 25.3 Å². The Kier molecular flexibility index (Phi) is 9.26. The number of halogens is 1. The van der Waals surface area contributed by atoms with Gasteiger partial charge in [0.05, 0.1) is 6.54 Å². The minimum Gasteiger partial charge on any atom is -0.345 e. The summed E-state index contributed by atoms with van der Waals surface area (Å²) in [5, 5.41) is 0. The molecule has 1 aliphatic carbocycles. The fourth-order valence-electron chi connectivity index (χ4n) is 5.40. The van der Waals surface area contributed by atoms with Crippen LogP contribution in [0.3, 0.4) is 0 Å². The number of nitrogens with zero attached hydrogens (tertiary/aromatic N) is 3. The van der Waals surface area contributed by atoms with Crippen LogP contribution in [0.4, 0.5) is 4.39 Å². The van der Waals surface area contributed by atoms with Gasteiger partial charge in [0, 0.05) is 36.6 Å². The van der Waals surface area contributed by atoms with E-state index in [9.17, 15) is 14.0 Å². The standard InChI is InChI=1S/C33H42FN3O2/c1-5-35(32(39)26-15-17-27(18-16-26)33(2,3)4)24-31(38)37(29-10-7-6-8-11-29)23-30-12-9-21-36(30)22-25-13-19-28(34)20-14-25/h9,12-21,29H,5-8,10-11,22-24H2,1-4H3. The summed E-state index contributed by atoms with van der Waals surface area (Å²) in [7, 11) is 0. The van der Waals surface area contributed by atoms with Crippen LogP contribution < -0.4 is 0 Å². The van der Waals surface area contributed by atoms with Gasteiger partial charge in [0.1, 0.15) is 12.4 Å². The predicted molar refractivity (Wildman–Crippen MR) is 154 cm³/mol. The SMILES string of the molecule is CCN(CC(=O)N(Cc1cccn1Cc1ccc(F)cc1)C1CCCCC1)C(=O)c1ccc(C(C)(C)C)cc1. The Hall–Kier alpha value is -3.41. The molecule has 1 fully saturated rings. The summed E-state index contributed by atoms with van der Waals surface area (Å²) in [5.41, 5.74) is 3.83. The topological polar surface area (TPSA) is 45.6 Å². The molecule has 0 atom stereocenters. The predicted octanol–water partition coefficient (Wildman–Crippen LogP) is 6.80. The van der Waals surface area contributed by atoms with Crippen molar-refractivity contribution >= 4 is 11.8 Å². The summed E-state index contributed by atoms with van der Waals surface area (Å²) in [4.78, 5) is 30.9. The number of carbonyl (C=O) groups is 2. The number of amides is 2. The molecule has 208 valence electrons. The first-order valence-electron chi connectivity index (χ1n) is 14.2. The molecule has 2 amide bonds. The highest BCUT2D eigenvalue weighted by Crippen LogP contribution is 2.26. The lowest BCUT2D eigenvalue weighted by Gasteiger charge is -2.36. The number of aromatic nitrogens is 1. The van der Waals surface area contributed by atoms with Gasteiger partial charge in [-0.2, -0.15) is 0 Å². The van der Waals surface area contributed by atoms with Crippen LogP contribution in [-0.2, 0) is 23.3 Å². The van der Waals surface area contributed by atoms with Crippen LogP contribution in [0.2, 0.25) is 0 Å². The van der Waals surface area contributed by atoms with E-state index in [-0.39, 0.29) is 35.6 Å². The Morgan fingerprint density at radius 3 is 2.23 bits per heavy atom. The minimum absolute atomic E-state index is 0.0108. The van der Waals surface area contributed by atoms with Crippen molar-refractivity contribution in [2.75, 3.05) is 13.1 Å². The van der Waals surface area contributed by atoms with Crippen molar-refractivity contribution in [3.8, 4) is 0 Å². The summed E-state index contributed by atoms with van der Waals surface area (Å²) in [6, 6.07) is 18.5. The third-order valence-electron chi connectivity index (χ3n) is 7.85. The van der Waals surface area contributed by atoms with E-state index in [1.54, 1.807) is 17.0 Å². The van der Waals surface area contributed by atoms with Crippen molar-refractivity contribution in [2.24, 2.45) is 0 Å². The number of hydrogen-bond donors (Lipinski definition) is 0. The van der Waals surface area contributed by atoms with Gasteiger partial charge in [0.25, 0.3) is 5.91 Å². The van der Waals surface area contributed by atoms with Crippen molar-refractivity contribution < 1.29 is 14.0 Å². The zero-order valence-electron chi connectivity index (χ0n) is 23.8. The molecule has 4 rings (SSSR count). The van der Waals surface area contributed by atoms with Crippen molar-refractivity contribution in [2.45, 2.75) is 84.3 Å². The maximum Gasteiger partial charge on any atom is 0.254 e. The second kappa shape index (κ2) is 12.6. The lowest BCUT2D eigenvalue weighted by Crippen LogP contribution is -2.47. The fourth-order valence-corrected chi connectivity index (χ4v) is 5.40. The molecule has 3 aromatic rings. The van der Waals surface area contributed by atoms with Gasteiger partial charge >= 0.3 is 0 Å². The quantitative estimate of drug-likeness (QED) is 0.305. The molecule has 1 aromatic heterocycles. The minimum atomic E-state index is -0.249. The van der Waals surface area contributed by atoms with E-state index in [0.717, 1.165) is 36.9 Å². The Morgan fingerprint density at radius 1 is 0.949 bits per heavy atom. The number of hydrogen-bond acceptors (Lipinski definition) is 2. The molecule has 0 spiro atoms. The van der Waals surface area contributed by atoms with Gasteiger partial charge in [-0.25, -0.2) is 4.39 Å². The first-order valence-corrected chi connectivity index (χ1v) is 14.2. The fraction of sp³-hybridized carbons (Fsp3) is 0.455. The third-order valence-corrected chi connectivity index (χ3v) is 7.85. The van der Waals surface area contributed by atoms with Gasteiger partial charge < -0.3 is 14.4 Å². The molecule has 5 nitrogen and oxygen atoms in total. The first-order chi connectivity index (χ1) is 18.7. The van der Waals surface area contributed by atoms with E-state index < -0.39 is 0 Å². The average Bonchev–Trinajstić information content (AvgIpc) is 3.37. The van der Waals surface area contributed by atoms with E-state index >= 15 is 0 Å². The van der Waals surface area contributed by atoms with Crippen molar-refractivity contribution in [1.82, 2.24) is 14.4 Å². The van der Waals surface area contributed by atoms with Crippen LogP contribution in [0.1, 0.15) is 87.0 Å². The second-order valence-electron chi connectivity index (χ2n) is 11.7. The Bertz CT molecular complexity index is 1240. The molecule has 0 unspecified atom stereocenters. The Morgan fingerprint density at radius 2 is 1.62 bits per heavy atom. The highest BCUT2D eigenvalue weighted by atomic mass is 19.1. The molecule has 1 aliphatic rings. The summed E-state index contributed by atoms with van der Waals surface area (Å²) in [6.45, 7) is 10.00. The van der Waals surface area contributed by atoms with Gasteiger partial charge in [0.2, 0.25) is 5.91 Å². The smallest absolute Gasteiger partial charge is 0.254 e. The Labute approximate surface area is 232 Å². The van der Waals surface area contributed by atoms with Crippen LogP contribution in [-0.4, -0.2) is 45.3 Å². The molecule has 2 aromatic carbocycles. The van der Waals surface area contributed by atoms with Crippen molar-refractivity contribution in [3.63, 3.8) is 0 Å². The van der Waals surface area contributed by atoms with Gasteiger partial charge in [0.15, 0.2) is 0 Å². The summed E-state index contributed by atoms with van der Waals surface area (Å²) >= 11 is 0. The normalized spacial score (nSPS) is 14.3. The lowest BCUT2D eigenvalue weighted by atomic mass is 9.86. The van der Waals surface area contributed by atoms with Crippen molar-refractivity contribution in [1.29, 1.82) is 0 Å². The van der Waals surface area contributed by atoms with E-state index in [1.807, 2.05) is 54.4 Å². The van der Waals surface area contributed by atoms with E-state index in [0.29, 0.717) is 25.2 Å². The summed E-state index contributed by atoms with van der Waals surface area (Å²) in [6.07, 6.45) is 7.40. The molecule has 0 radical (unpaired) electrons. The van der Waals surface area contributed by atoms with Gasteiger partial charge in [-0.05, 0) is 72.7 Å². The summed E-state index contributed by atoms with van der Waals surface area (Å²) in [5.74, 6) is -0.381. The molecule has 1 heterocycles. The number of rotatable bonds is 9. The number of carbonyl (C=O) groups excluding carboxylic acids is 2. The monoisotopic (exact) mass is 531 g/mol. The average molecular weight is 532 g/mol. The highest BCUT2D eigenvalue weighted by molar-refractivity contribution is 5.96. The zero-order chi connectivity index (χ0) is 28.0. The van der Waals surface area contributed by atoms with Gasteiger partial charge in [-0.1, -0.05) is 64.3 Å². The molecular weight excluding hydrogens is 489 g/mol. The van der Waals surface area contributed by atoms with Gasteiger partial charge in [-0.3, -0.25) is 9.59 Å². The molecule has 1 saturated carbocycles. The van der Waals surface area contributed by atoms with Crippen LogP contribution in [0.5, 0.6) is 0 Å². The largest absolute Gasteiger partial charge is 0.345 e. The van der Waals surface area contributed by atoms with Crippen LogP contribution in [0, 0.1) is 5.82 Å². The number of benzene rings is 2. The lowest BCUT2D eigenvalue weighted by molar-refractivity contribution is -0.135. The molecule has 39 heavy (non-hydrogen) atoms. The molecule has 6 heteroatoms. The third kappa shape index (κ3) is 7.37. The zero-order valence-corrected chi connectivity index (χ0v) is 23.8. The molecular formula is C33H42FN3O2. The molecule has 0 N–H and O–H groups in total. The Balaban J connectivity index is 1.51. The maximum absolute atomic E-state index is 13.8. The molecule has 0 bridgehead atoms. The van der Waals surface area contributed by atoms with E-state index in [1.165, 1.54) is 24.1 Å². The first kappa shape index (κ1) is 28.6. The van der Waals surface area contributed by atoms with E-state index in [4.69, 9.17) is 0 Å². The highest BCUT2D eigenvalue weighted by Gasteiger charge is 2.29. The molecule has 0 aliphatic heterocycles. The number of likely N-dealkylation sites (N-methyl/N-ethyl adjacent to an activating group) is 1.